The van der Waals surface area contributed by atoms with Crippen molar-refractivity contribution in [1.82, 2.24) is 4.57 Å². The summed E-state index contributed by atoms with van der Waals surface area (Å²) >= 11 is 0. The van der Waals surface area contributed by atoms with Gasteiger partial charge >= 0.3 is 0 Å². The predicted octanol–water partition coefficient (Wildman–Crippen LogP) is 12.2. The van der Waals surface area contributed by atoms with E-state index in [1.807, 2.05) is 0 Å². The Morgan fingerprint density at radius 2 is 1.42 bits per heavy atom. The summed E-state index contributed by atoms with van der Waals surface area (Å²) in [5.74, 6) is 2.68. The number of hydrogen-bond acceptors (Lipinski definition) is 3. The third-order valence-electron chi connectivity index (χ3n) is 12.4. The lowest BCUT2D eigenvalue weighted by Crippen LogP contribution is -2.35. The summed E-state index contributed by atoms with van der Waals surface area (Å²) in [7, 11) is 0. The molecule has 4 heteroatoms. The zero-order chi connectivity index (χ0) is 33.9. The third kappa shape index (κ3) is 3.92. The van der Waals surface area contributed by atoms with Gasteiger partial charge in [0.25, 0.3) is 0 Å². The molecular formula is C48H36N2O2. The Bertz CT molecular complexity index is 2840. The average molecular weight is 673 g/mol. The topological polar surface area (TPSA) is 30.5 Å². The van der Waals surface area contributed by atoms with Crippen molar-refractivity contribution in [2.24, 2.45) is 0 Å². The number of rotatable bonds is 3. The minimum Gasteiger partial charge on any atom is -0.469 e. The van der Waals surface area contributed by atoms with E-state index in [4.69, 9.17) is 9.15 Å². The summed E-state index contributed by atoms with van der Waals surface area (Å²) in [6, 6.07) is 46.8. The van der Waals surface area contributed by atoms with E-state index in [-0.39, 0.29) is 12.1 Å². The molecule has 250 valence electrons. The Labute approximate surface area is 301 Å². The highest BCUT2D eigenvalue weighted by Crippen LogP contribution is 2.57. The first-order chi connectivity index (χ1) is 25.8. The fourth-order valence-electron chi connectivity index (χ4n) is 10.1. The fraction of sp³-hybridized carbons (Fsp3) is 0.167. The normalized spacial score (nSPS) is 20.5. The van der Waals surface area contributed by atoms with Gasteiger partial charge in [-0.25, -0.2) is 0 Å². The molecule has 0 bridgehead atoms. The number of furan rings is 1. The van der Waals surface area contributed by atoms with Crippen LogP contribution in [-0.2, 0) is 6.42 Å². The molecule has 0 N–H and O–H groups in total. The monoisotopic (exact) mass is 672 g/mol. The number of ether oxygens (including phenoxy) is 1. The van der Waals surface area contributed by atoms with Gasteiger partial charge < -0.3 is 14.1 Å². The van der Waals surface area contributed by atoms with Gasteiger partial charge in [-0.05, 0) is 96.3 Å². The Morgan fingerprint density at radius 3 is 2.29 bits per heavy atom. The van der Waals surface area contributed by atoms with E-state index >= 15 is 0 Å². The summed E-state index contributed by atoms with van der Waals surface area (Å²) < 4.78 is 16.0. The summed E-state index contributed by atoms with van der Waals surface area (Å²) in [5.41, 5.74) is 11.7. The van der Waals surface area contributed by atoms with E-state index in [0.29, 0.717) is 5.92 Å². The number of anilines is 1. The SMILES string of the molecule is C1=Cc2oc3c(c2CC1)c1cc(C2CCC4=C(C2)C2c5ccccc5OC2N4c2cccc4ccccc24)ccc1n3-c1cccc2ccccc12. The van der Waals surface area contributed by atoms with Gasteiger partial charge in [-0.15, -0.1) is 0 Å². The molecule has 8 aromatic rings. The second kappa shape index (κ2) is 10.8. The number of aromatic nitrogens is 1. The molecule has 0 saturated heterocycles. The number of para-hydroxylation sites is 1. The lowest BCUT2D eigenvalue weighted by Gasteiger charge is -2.32. The molecule has 0 fully saturated rings. The number of allylic oxidation sites excluding steroid dienone is 2. The fourth-order valence-corrected chi connectivity index (χ4v) is 10.1. The number of fused-ring (bicyclic) bond motifs is 11. The molecule has 2 aromatic heterocycles. The number of hydrogen-bond donors (Lipinski definition) is 0. The minimum absolute atomic E-state index is 0.0608. The first kappa shape index (κ1) is 28.7. The average Bonchev–Trinajstić information content (AvgIpc) is 3.93. The van der Waals surface area contributed by atoms with E-state index in [0.717, 1.165) is 49.3 Å². The first-order valence-corrected chi connectivity index (χ1v) is 18.8. The molecule has 2 aliphatic carbocycles. The Balaban J connectivity index is 1.01. The third-order valence-corrected chi connectivity index (χ3v) is 12.4. The lowest BCUT2D eigenvalue weighted by atomic mass is 9.77. The smallest absolute Gasteiger partial charge is 0.213 e. The molecule has 4 heterocycles. The van der Waals surface area contributed by atoms with Gasteiger partial charge in [-0.1, -0.05) is 103 Å². The van der Waals surface area contributed by atoms with Crippen molar-refractivity contribution in [1.29, 1.82) is 0 Å². The molecule has 2 aliphatic heterocycles. The van der Waals surface area contributed by atoms with Crippen LogP contribution < -0.4 is 9.64 Å². The minimum atomic E-state index is -0.0608. The lowest BCUT2D eigenvalue weighted by molar-refractivity contribution is 0.229. The molecule has 3 atom stereocenters. The first-order valence-electron chi connectivity index (χ1n) is 18.8. The van der Waals surface area contributed by atoms with Crippen molar-refractivity contribution in [3.8, 4) is 11.4 Å². The quantitative estimate of drug-likeness (QED) is 0.187. The second-order valence-corrected chi connectivity index (χ2v) is 15.0. The van der Waals surface area contributed by atoms with Crippen molar-refractivity contribution < 1.29 is 9.15 Å². The van der Waals surface area contributed by atoms with E-state index in [9.17, 15) is 0 Å². The van der Waals surface area contributed by atoms with Gasteiger partial charge in [-0.2, -0.15) is 0 Å². The van der Waals surface area contributed by atoms with Gasteiger partial charge in [0.15, 0.2) is 6.23 Å². The van der Waals surface area contributed by atoms with Crippen LogP contribution in [0.25, 0.3) is 55.3 Å². The summed E-state index contributed by atoms with van der Waals surface area (Å²) in [4.78, 5) is 2.56. The van der Waals surface area contributed by atoms with Crippen molar-refractivity contribution >= 4 is 55.3 Å². The van der Waals surface area contributed by atoms with Crippen molar-refractivity contribution in [2.45, 2.75) is 50.2 Å². The van der Waals surface area contributed by atoms with Crippen LogP contribution in [0.2, 0.25) is 0 Å². The molecule has 4 aliphatic rings. The molecule has 12 rings (SSSR count). The highest BCUT2D eigenvalue weighted by Gasteiger charge is 2.50. The second-order valence-electron chi connectivity index (χ2n) is 15.0. The van der Waals surface area contributed by atoms with E-state index in [2.05, 4.69) is 149 Å². The van der Waals surface area contributed by atoms with Crippen LogP contribution >= 0.6 is 0 Å². The molecule has 4 nitrogen and oxygen atoms in total. The highest BCUT2D eigenvalue weighted by molar-refractivity contribution is 6.11. The molecule has 3 unspecified atom stereocenters. The van der Waals surface area contributed by atoms with Crippen molar-refractivity contribution in [2.75, 3.05) is 4.90 Å². The zero-order valence-corrected chi connectivity index (χ0v) is 28.8. The zero-order valence-electron chi connectivity index (χ0n) is 28.8. The van der Waals surface area contributed by atoms with Gasteiger partial charge in [0.05, 0.1) is 28.2 Å². The van der Waals surface area contributed by atoms with Crippen molar-refractivity contribution in [3.05, 3.63) is 167 Å². The number of benzene rings is 6. The molecule has 0 amide bonds. The highest BCUT2D eigenvalue weighted by atomic mass is 16.5. The Kier molecular flexibility index (Phi) is 5.93. The van der Waals surface area contributed by atoms with E-state index in [1.54, 1.807) is 5.57 Å². The number of nitrogens with zero attached hydrogens (tertiary/aromatic N) is 2. The molecule has 0 spiro atoms. The van der Waals surface area contributed by atoms with Gasteiger partial charge in [-0.3, -0.25) is 4.57 Å². The molecule has 6 aromatic carbocycles. The van der Waals surface area contributed by atoms with E-state index in [1.165, 1.54) is 71.6 Å². The summed E-state index contributed by atoms with van der Waals surface area (Å²) in [6.07, 6.45) is 9.57. The molecular weight excluding hydrogens is 637 g/mol. The van der Waals surface area contributed by atoms with Crippen LogP contribution in [0.4, 0.5) is 5.69 Å². The summed E-state index contributed by atoms with van der Waals surface area (Å²) in [5, 5.41) is 7.59. The maximum atomic E-state index is 6.87. The Hall–Kier alpha value is -6.00. The Morgan fingerprint density at radius 1 is 0.673 bits per heavy atom. The maximum absolute atomic E-state index is 6.87. The van der Waals surface area contributed by atoms with Gasteiger partial charge in [0.1, 0.15) is 11.5 Å². The molecule has 0 saturated carbocycles. The van der Waals surface area contributed by atoms with Crippen LogP contribution in [0.5, 0.6) is 5.75 Å². The van der Waals surface area contributed by atoms with Crippen molar-refractivity contribution in [3.63, 3.8) is 0 Å². The van der Waals surface area contributed by atoms with Crippen LogP contribution in [0, 0.1) is 0 Å². The van der Waals surface area contributed by atoms with Gasteiger partial charge in [0, 0.05) is 33.0 Å². The van der Waals surface area contributed by atoms with Crippen LogP contribution in [0.15, 0.2) is 149 Å². The van der Waals surface area contributed by atoms with Gasteiger partial charge in [0.2, 0.25) is 5.71 Å². The maximum Gasteiger partial charge on any atom is 0.213 e. The molecule has 0 radical (unpaired) electrons. The van der Waals surface area contributed by atoms with E-state index < -0.39 is 0 Å². The van der Waals surface area contributed by atoms with Crippen LogP contribution in [0.3, 0.4) is 0 Å². The number of aryl methyl sites for hydroxylation is 1. The van der Waals surface area contributed by atoms with Crippen LogP contribution in [0.1, 0.15) is 60.0 Å². The van der Waals surface area contributed by atoms with Crippen LogP contribution in [-0.4, -0.2) is 10.8 Å². The standard InChI is InChI=1S/C48H36N2O2/c1-3-15-33-29(11-1)13-9-19-39(33)49-41-25-23-31(27-37(41)45-35-17-5-7-21-43(35)51-47(45)49)32-24-26-42-38(28-32)46-36-18-6-8-22-44(36)52-48(46)50(42)40-20-10-14-30-12-2-4-16-34(30)40/h1-5,7-17,19-22,24,26,28,31,45,47H,6,18,23,25,27H2. The molecule has 52 heavy (non-hydrogen) atoms. The summed E-state index contributed by atoms with van der Waals surface area (Å²) in [6.45, 7) is 0. The largest absolute Gasteiger partial charge is 0.469 e. The predicted molar refractivity (Wildman–Crippen MR) is 212 cm³/mol.